The van der Waals surface area contributed by atoms with Gasteiger partial charge in [-0.05, 0) is 80.1 Å². The van der Waals surface area contributed by atoms with Gasteiger partial charge in [-0.25, -0.2) is 18.8 Å². The Hall–Kier alpha value is -4.67. The Morgan fingerprint density at radius 2 is 1.48 bits per heavy atom. The van der Waals surface area contributed by atoms with Gasteiger partial charge in [-0.3, -0.25) is 9.69 Å². The number of carbonyl (C=O) groups excluding carboxylic acids is 2. The van der Waals surface area contributed by atoms with Crippen molar-refractivity contribution in [2.24, 2.45) is 0 Å². The lowest BCUT2D eigenvalue weighted by molar-refractivity contribution is -0.143. The second-order valence-electron chi connectivity index (χ2n) is 13.1. The van der Waals surface area contributed by atoms with E-state index in [1.165, 1.54) is 26.1 Å². The summed E-state index contributed by atoms with van der Waals surface area (Å²) in [5.74, 6) is -2.79. The molecule has 0 unspecified atom stereocenters. The first kappa shape index (κ1) is 40.1. The third kappa shape index (κ3) is 9.60. The maximum atomic E-state index is 14.1. The van der Waals surface area contributed by atoms with Crippen LogP contribution < -0.4 is 0 Å². The number of aliphatic carboxylic acids is 2. The normalized spacial score (nSPS) is 21.7. The summed E-state index contributed by atoms with van der Waals surface area (Å²) in [6.45, 7) is 5.43. The van der Waals surface area contributed by atoms with Crippen LogP contribution in [0.3, 0.4) is 0 Å². The van der Waals surface area contributed by atoms with Crippen LogP contribution in [0.25, 0.3) is 0 Å². The Balaban J connectivity index is 0.000000677. The van der Waals surface area contributed by atoms with Crippen molar-refractivity contribution in [1.82, 2.24) is 19.6 Å². The van der Waals surface area contributed by atoms with E-state index in [4.69, 9.17) is 10.2 Å². The highest BCUT2D eigenvalue weighted by molar-refractivity contribution is 5.89. The van der Waals surface area contributed by atoms with Crippen molar-refractivity contribution in [2.75, 3.05) is 33.2 Å². The molecule has 2 aromatic carbocycles. The molecular weight excluding hydrogens is 705 g/mol. The highest BCUT2D eigenvalue weighted by Crippen LogP contribution is 2.40. The van der Waals surface area contributed by atoms with Crippen molar-refractivity contribution >= 4 is 23.9 Å². The molecule has 3 amide bonds. The molecule has 0 bridgehead atoms. The fourth-order valence-corrected chi connectivity index (χ4v) is 6.99. The van der Waals surface area contributed by atoms with E-state index in [2.05, 4.69) is 4.90 Å². The first-order valence-electron chi connectivity index (χ1n) is 16.4. The number of rotatable bonds is 6. The summed E-state index contributed by atoms with van der Waals surface area (Å²) in [7, 11) is 1.36. The number of benzene rings is 2. The van der Waals surface area contributed by atoms with E-state index in [9.17, 15) is 49.9 Å². The SMILES string of the molecule is Cc1cc(F)ccc1[C@H]1C[C@H](N2CCN3C(=O)CC[C@H]3C2)CCN1C(=O)N(C)[C@H](C)c1cc(C(F)(F)F)cc(C(F)(F)F)c1.O=C(O)/C=C\C(=O)O. The highest BCUT2D eigenvalue weighted by Gasteiger charge is 2.43. The predicted molar refractivity (Wildman–Crippen MR) is 172 cm³/mol. The zero-order valence-corrected chi connectivity index (χ0v) is 28.5. The maximum Gasteiger partial charge on any atom is 0.416 e. The quantitative estimate of drug-likeness (QED) is 0.256. The number of hydrogen-bond acceptors (Lipinski definition) is 5. The number of piperazine rings is 1. The molecule has 3 fully saturated rings. The topological polar surface area (TPSA) is 122 Å². The molecule has 0 spiro atoms. The van der Waals surface area contributed by atoms with Crippen LogP contribution in [-0.4, -0.2) is 99.0 Å². The van der Waals surface area contributed by atoms with Crippen LogP contribution in [0, 0.1) is 12.7 Å². The van der Waals surface area contributed by atoms with E-state index < -0.39 is 59.4 Å². The van der Waals surface area contributed by atoms with E-state index in [1.54, 1.807) is 17.9 Å². The Morgan fingerprint density at radius 1 is 0.885 bits per heavy atom. The van der Waals surface area contributed by atoms with Crippen LogP contribution in [0.5, 0.6) is 0 Å². The third-order valence-corrected chi connectivity index (χ3v) is 9.80. The van der Waals surface area contributed by atoms with Crippen LogP contribution >= 0.6 is 0 Å². The van der Waals surface area contributed by atoms with E-state index in [1.807, 2.05) is 4.90 Å². The number of piperidine rings is 1. The average Bonchev–Trinajstić information content (AvgIpc) is 3.45. The van der Waals surface area contributed by atoms with Gasteiger partial charge in [-0.15, -0.1) is 0 Å². The summed E-state index contributed by atoms with van der Waals surface area (Å²) < 4.78 is 95.2. The second-order valence-corrected chi connectivity index (χ2v) is 13.1. The molecule has 2 N–H and O–H groups in total. The minimum atomic E-state index is -5.01. The Labute approximate surface area is 295 Å². The Morgan fingerprint density at radius 3 is 2.02 bits per heavy atom. The number of amides is 3. The van der Waals surface area contributed by atoms with E-state index in [-0.39, 0.29) is 36.2 Å². The molecule has 2 aromatic rings. The summed E-state index contributed by atoms with van der Waals surface area (Å²) in [5.41, 5.74) is -1.84. The molecule has 0 radical (unpaired) electrons. The monoisotopic (exact) mass is 744 g/mol. The van der Waals surface area contributed by atoms with Gasteiger partial charge in [0.25, 0.3) is 0 Å². The van der Waals surface area contributed by atoms with Gasteiger partial charge in [-0.2, -0.15) is 26.3 Å². The molecule has 3 heterocycles. The Kier molecular flexibility index (Phi) is 12.3. The van der Waals surface area contributed by atoms with Crippen molar-refractivity contribution in [2.45, 2.75) is 76.1 Å². The number of aryl methyl sites for hydroxylation is 1. The van der Waals surface area contributed by atoms with Crippen LogP contribution in [0.2, 0.25) is 0 Å². The molecule has 4 atom stereocenters. The first-order valence-corrected chi connectivity index (χ1v) is 16.4. The van der Waals surface area contributed by atoms with Gasteiger partial charge in [-0.1, -0.05) is 6.07 Å². The molecule has 5 rings (SSSR count). The molecule has 52 heavy (non-hydrogen) atoms. The molecule has 284 valence electrons. The molecule has 17 heteroatoms. The van der Waals surface area contributed by atoms with Gasteiger partial charge in [0.2, 0.25) is 5.91 Å². The number of hydrogen-bond donors (Lipinski definition) is 2. The van der Waals surface area contributed by atoms with Crippen molar-refractivity contribution in [3.63, 3.8) is 0 Å². The molecule has 3 aliphatic heterocycles. The number of urea groups is 1. The minimum absolute atomic E-state index is 0.0619. The largest absolute Gasteiger partial charge is 0.478 e. The van der Waals surface area contributed by atoms with Crippen LogP contribution in [0.4, 0.5) is 35.5 Å². The lowest BCUT2D eigenvalue weighted by atomic mass is 9.88. The van der Waals surface area contributed by atoms with Crippen LogP contribution in [-0.2, 0) is 26.7 Å². The van der Waals surface area contributed by atoms with E-state index >= 15 is 0 Å². The van der Waals surface area contributed by atoms with Gasteiger partial charge in [0.05, 0.1) is 23.2 Å². The molecule has 0 saturated carbocycles. The smallest absolute Gasteiger partial charge is 0.416 e. The first-order chi connectivity index (χ1) is 24.2. The van der Waals surface area contributed by atoms with Crippen molar-refractivity contribution in [3.8, 4) is 0 Å². The number of carbonyl (C=O) groups is 4. The Bertz CT molecular complexity index is 1650. The van der Waals surface area contributed by atoms with Crippen molar-refractivity contribution in [1.29, 1.82) is 0 Å². The predicted octanol–water partition coefficient (Wildman–Crippen LogP) is 6.51. The highest BCUT2D eigenvalue weighted by atomic mass is 19.4. The van der Waals surface area contributed by atoms with Crippen LogP contribution in [0.15, 0.2) is 48.6 Å². The standard InChI is InChI=1S/C31H35F7N4O2.C4H4O4/c1-18-12-23(32)4-6-26(18)27-16-24(40-10-11-41-25(17-40)5-7-28(41)43)8-9-42(27)29(44)39(3)19(2)20-13-21(30(33,34)35)15-22(14-20)31(36,37)38;5-3(6)1-2-4(7)8/h4,6,12-15,19,24-25,27H,5,7-11,16-17H2,1-3H3;1-2H,(H,5,6)(H,7,8)/b;2-1-/t19-,24-,25+,27-;/m1./s1. The third-order valence-electron chi connectivity index (χ3n) is 9.80. The molecule has 0 aliphatic carbocycles. The molecular formula is C35H39F7N4O6. The molecule has 10 nitrogen and oxygen atoms in total. The number of fused-ring (bicyclic) bond motifs is 1. The van der Waals surface area contributed by atoms with E-state index in [0.29, 0.717) is 68.7 Å². The van der Waals surface area contributed by atoms with E-state index in [0.717, 1.165) is 16.9 Å². The fraction of sp³-hybridized carbons (Fsp3) is 0.486. The second kappa shape index (κ2) is 15.9. The van der Waals surface area contributed by atoms with Crippen molar-refractivity contribution in [3.05, 3.63) is 82.2 Å². The number of carboxylic acids is 2. The van der Waals surface area contributed by atoms with Gasteiger partial charge in [0, 0.05) is 63.9 Å². The zero-order chi connectivity index (χ0) is 38.7. The fourth-order valence-electron chi connectivity index (χ4n) is 6.99. The van der Waals surface area contributed by atoms with Crippen molar-refractivity contribution < 1.29 is 60.1 Å². The summed E-state index contributed by atoms with van der Waals surface area (Å²) in [6.07, 6.45) is -6.49. The molecule has 3 aliphatic rings. The summed E-state index contributed by atoms with van der Waals surface area (Å²) in [5, 5.41) is 15.6. The lowest BCUT2D eigenvalue weighted by Gasteiger charge is -2.48. The molecule has 3 saturated heterocycles. The number of alkyl halides is 6. The van der Waals surface area contributed by atoms with Gasteiger partial charge in [0.15, 0.2) is 0 Å². The number of carboxylic acid groups (broad SMARTS) is 2. The number of likely N-dealkylation sites (tertiary alicyclic amines) is 1. The number of halogens is 7. The van der Waals surface area contributed by atoms with Gasteiger partial charge < -0.3 is 24.9 Å². The lowest BCUT2D eigenvalue weighted by Crippen LogP contribution is -2.57. The minimum Gasteiger partial charge on any atom is -0.478 e. The van der Waals surface area contributed by atoms with Crippen LogP contribution in [0.1, 0.15) is 72.5 Å². The van der Waals surface area contributed by atoms with Gasteiger partial charge >= 0.3 is 30.3 Å². The maximum absolute atomic E-state index is 14.1. The zero-order valence-electron chi connectivity index (χ0n) is 28.5. The van der Waals surface area contributed by atoms with Gasteiger partial charge in [0.1, 0.15) is 5.82 Å². The number of nitrogens with zero attached hydrogens (tertiary/aromatic N) is 4. The summed E-state index contributed by atoms with van der Waals surface area (Å²) in [4.78, 5) is 52.3. The summed E-state index contributed by atoms with van der Waals surface area (Å²) in [6, 6.07) is 3.68. The summed E-state index contributed by atoms with van der Waals surface area (Å²) >= 11 is 0. The molecule has 0 aromatic heterocycles. The average molecular weight is 745 g/mol.